The zero-order valence-electron chi connectivity index (χ0n) is 59.4. The van der Waals surface area contributed by atoms with Gasteiger partial charge in [-0.2, -0.15) is 0 Å². The molecule has 5 heteroatoms. The molecule has 90 heavy (non-hydrogen) atoms. The summed E-state index contributed by atoms with van der Waals surface area (Å²) in [5.41, 5.74) is 0. The molecule has 0 heterocycles. The first kappa shape index (κ1) is 86.0. The third-order valence-corrected chi connectivity index (χ3v) is 16.9. The molecule has 0 saturated carbocycles. The summed E-state index contributed by atoms with van der Waals surface area (Å²) in [6.07, 6.45) is 118. The molecule has 0 aromatic carbocycles. The Hall–Kier alpha value is -3.96. The molecule has 1 N–H and O–H groups in total. The normalized spacial score (nSPS) is 13.0. The van der Waals surface area contributed by atoms with Crippen molar-refractivity contribution < 1.29 is 24.2 Å². The first-order valence-electron chi connectivity index (χ1n) is 38.7. The van der Waals surface area contributed by atoms with Gasteiger partial charge in [-0.05, 0) is 116 Å². The lowest BCUT2D eigenvalue weighted by Crippen LogP contribution is -2.28. The van der Waals surface area contributed by atoms with Gasteiger partial charge in [0.2, 0.25) is 0 Å². The number of hydrogen-bond acceptors (Lipinski definition) is 5. The molecule has 1 unspecified atom stereocenters. The molecule has 0 aromatic rings. The van der Waals surface area contributed by atoms with Crippen LogP contribution in [0.1, 0.15) is 373 Å². The standard InChI is InChI=1S/C85H146O5/c1-3-5-7-9-11-13-15-17-19-21-23-25-27-29-31-33-35-37-39-41-42-44-45-47-49-51-53-55-57-59-61-63-65-67-69-71-73-75-77-79-84(87)89-82-83(81-86)90-85(88)80-78-76-74-72-70-68-66-64-62-60-58-56-54-52-50-48-46-43-40-38-36-34-32-30-28-26-24-22-20-18-16-14-12-10-8-6-4-2/h6,8,12,14-15,17-18,20-21,23-24,26,30,32,36,38,43,46,50,52,56,58,83,86H,3-5,7,9-11,13,16,19,22,25,27-29,31,33-35,37,39-42,44-45,47-49,51,53-55,57,59-82H2,1-2H3/b8-6-,14-12-,17-15-,20-18-,23-21-,26-24-,32-30-,38-36-,46-43-,52-50-,58-56-. The molecular formula is C85H146O5. The molecule has 0 radical (unpaired) electrons. The number of ether oxygens (including phenoxy) is 2. The topological polar surface area (TPSA) is 72.8 Å². The second kappa shape index (κ2) is 79.3. The van der Waals surface area contributed by atoms with Crippen LogP contribution >= 0.6 is 0 Å². The van der Waals surface area contributed by atoms with E-state index < -0.39 is 6.10 Å². The first-order valence-corrected chi connectivity index (χ1v) is 38.7. The summed E-state index contributed by atoms with van der Waals surface area (Å²) in [5, 5.41) is 9.72. The number of carbonyl (C=O) groups is 2. The van der Waals surface area contributed by atoms with Gasteiger partial charge in [-0.25, -0.2) is 0 Å². The summed E-state index contributed by atoms with van der Waals surface area (Å²) in [6.45, 7) is 4.04. The Balaban J connectivity index is 3.47. The van der Waals surface area contributed by atoms with Gasteiger partial charge in [-0.3, -0.25) is 9.59 Å². The molecule has 0 bridgehead atoms. The van der Waals surface area contributed by atoms with Crippen molar-refractivity contribution in [2.45, 2.75) is 380 Å². The van der Waals surface area contributed by atoms with Crippen molar-refractivity contribution in [1.82, 2.24) is 0 Å². The number of carbonyl (C=O) groups excluding carboxylic acids is 2. The quantitative estimate of drug-likeness (QED) is 0.0373. The fourth-order valence-corrected chi connectivity index (χ4v) is 11.2. The number of aliphatic hydroxyl groups excluding tert-OH is 1. The second-order valence-electron chi connectivity index (χ2n) is 25.7. The van der Waals surface area contributed by atoms with E-state index in [4.69, 9.17) is 9.47 Å². The zero-order valence-corrected chi connectivity index (χ0v) is 59.4. The molecule has 0 rings (SSSR count). The Morgan fingerprint density at radius 1 is 0.267 bits per heavy atom. The highest BCUT2D eigenvalue weighted by atomic mass is 16.6. The Labute approximate surface area is 559 Å². The van der Waals surface area contributed by atoms with E-state index in [1.54, 1.807) is 0 Å². The molecule has 0 aliphatic heterocycles. The number of unbranched alkanes of at least 4 members (excludes halogenated alkanes) is 41. The maximum atomic E-state index is 12.4. The van der Waals surface area contributed by atoms with Crippen molar-refractivity contribution >= 4 is 11.9 Å². The Morgan fingerprint density at radius 3 is 0.722 bits per heavy atom. The molecule has 0 spiro atoms. The summed E-state index contributed by atoms with van der Waals surface area (Å²) in [4.78, 5) is 24.7. The maximum Gasteiger partial charge on any atom is 0.306 e. The maximum absolute atomic E-state index is 12.4. The fourth-order valence-electron chi connectivity index (χ4n) is 11.2. The van der Waals surface area contributed by atoms with E-state index in [9.17, 15) is 14.7 Å². The highest BCUT2D eigenvalue weighted by Crippen LogP contribution is 2.18. The average Bonchev–Trinajstić information content (AvgIpc) is 3.62. The summed E-state index contributed by atoms with van der Waals surface area (Å²) < 4.78 is 10.8. The number of allylic oxidation sites excluding steroid dienone is 22. The van der Waals surface area contributed by atoms with Crippen LogP contribution in [0.5, 0.6) is 0 Å². The minimum absolute atomic E-state index is 0.0709. The van der Waals surface area contributed by atoms with Crippen LogP contribution in [0.15, 0.2) is 134 Å². The van der Waals surface area contributed by atoms with Crippen LogP contribution in [0.4, 0.5) is 0 Å². The SMILES string of the molecule is CC/C=C\C/C=C\C/C=C\C/C=C\C/C=C\C/C=C\C/C=C\C/C=C\C/C=C\CCCCCCCCCCCC(=O)OC(CO)COC(=O)CCCCCCCCCCCCCCCCCCCCCCCCCCCCC/C=C\C/C=C\CCCCCCC. The van der Waals surface area contributed by atoms with Gasteiger partial charge in [0.15, 0.2) is 6.10 Å². The predicted octanol–water partition coefficient (Wildman–Crippen LogP) is 27.4. The largest absolute Gasteiger partial charge is 0.462 e. The second-order valence-corrected chi connectivity index (χ2v) is 25.7. The smallest absolute Gasteiger partial charge is 0.306 e. The van der Waals surface area contributed by atoms with Gasteiger partial charge in [0.25, 0.3) is 0 Å². The molecule has 0 amide bonds. The highest BCUT2D eigenvalue weighted by molar-refractivity contribution is 5.70. The molecule has 516 valence electrons. The summed E-state index contributed by atoms with van der Waals surface area (Å²) >= 11 is 0. The number of rotatable bonds is 71. The van der Waals surface area contributed by atoms with Crippen LogP contribution in [-0.2, 0) is 19.1 Å². The van der Waals surface area contributed by atoms with Gasteiger partial charge in [-0.1, -0.05) is 379 Å². The molecule has 5 nitrogen and oxygen atoms in total. The van der Waals surface area contributed by atoms with Crippen molar-refractivity contribution in [1.29, 1.82) is 0 Å². The Kier molecular flexibility index (Phi) is 75.8. The molecule has 0 aliphatic carbocycles. The van der Waals surface area contributed by atoms with Crippen molar-refractivity contribution in [2.24, 2.45) is 0 Å². The molecule has 0 aliphatic rings. The van der Waals surface area contributed by atoms with Crippen LogP contribution in [0.3, 0.4) is 0 Å². The van der Waals surface area contributed by atoms with Gasteiger partial charge in [-0.15, -0.1) is 0 Å². The fraction of sp³-hybridized carbons (Fsp3) is 0.718. The van der Waals surface area contributed by atoms with E-state index in [0.717, 1.165) is 109 Å². The Bertz CT molecular complexity index is 1800. The third-order valence-electron chi connectivity index (χ3n) is 16.9. The molecular weight excluding hydrogens is 1100 g/mol. The lowest BCUT2D eigenvalue weighted by atomic mass is 10.0. The summed E-state index contributed by atoms with van der Waals surface area (Å²) in [5.74, 6) is -0.589. The monoisotopic (exact) mass is 1250 g/mol. The van der Waals surface area contributed by atoms with Crippen LogP contribution in [0.25, 0.3) is 0 Å². The van der Waals surface area contributed by atoms with E-state index in [1.165, 1.54) is 238 Å². The van der Waals surface area contributed by atoms with Crippen LogP contribution in [0, 0.1) is 0 Å². The van der Waals surface area contributed by atoms with Gasteiger partial charge in [0.05, 0.1) is 6.61 Å². The van der Waals surface area contributed by atoms with Crippen LogP contribution in [-0.4, -0.2) is 36.4 Å². The number of hydrogen-bond donors (Lipinski definition) is 1. The van der Waals surface area contributed by atoms with E-state index in [-0.39, 0.29) is 25.2 Å². The van der Waals surface area contributed by atoms with Crippen molar-refractivity contribution in [2.75, 3.05) is 13.2 Å². The van der Waals surface area contributed by atoms with Gasteiger partial charge in [0, 0.05) is 12.8 Å². The minimum Gasteiger partial charge on any atom is -0.462 e. The van der Waals surface area contributed by atoms with E-state index >= 15 is 0 Å². The van der Waals surface area contributed by atoms with Gasteiger partial charge >= 0.3 is 11.9 Å². The average molecular weight is 1250 g/mol. The van der Waals surface area contributed by atoms with Crippen molar-refractivity contribution in [3.63, 3.8) is 0 Å². The van der Waals surface area contributed by atoms with E-state index in [2.05, 4.69) is 148 Å². The van der Waals surface area contributed by atoms with E-state index in [1.807, 2.05) is 0 Å². The molecule has 0 aromatic heterocycles. The minimum atomic E-state index is -0.784. The lowest BCUT2D eigenvalue weighted by Gasteiger charge is -2.15. The van der Waals surface area contributed by atoms with Gasteiger partial charge < -0.3 is 14.6 Å². The zero-order chi connectivity index (χ0) is 64.7. The Morgan fingerprint density at radius 2 is 0.478 bits per heavy atom. The number of aliphatic hydroxyl groups is 1. The molecule has 0 saturated heterocycles. The van der Waals surface area contributed by atoms with E-state index in [0.29, 0.717) is 12.8 Å². The summed E-state index contributed by atoms with van der Waals surface area (Å²) in [6, 6.07) is 0. The first-order chi connectivity index (χ1) is 44.6. The third kappa shape index (κ3) is 76.5. The van der Waals surface area contributed by atoms with Crippen LogP contribution in [0.2, 0.25) is 0 Å². The van der Waals surface area contributed by atoms with Crippen LogP contribution < -0.4 is 0 Å². The molecule has 0 fully saturated rings. The number of esters is 2. The van der Waals surface area contributed by atoms with Crippen molar-refractivity contribution in [3.8, 4) is 0 Å². The predicted molar refractivity (Wildman–Crippen MR) is 398 cm³/mol. The highest BCUT2D eigenvalue weighted by Gasteiger charge is 2.16. The van der Waals surface area contributed by atoms with Crippen molar-refractivity contribution in [3.05, 3.63) is 134 Å². The lowest BCUT2D eigenvalue weighted by molar-refractivity contribution is -0.161. The summed E-state index contributed by atoms with van der Waals surface area (Å²) in [7, 11) is 0. The molecule has 1 atom stereocenters. The van der Waals surface area contributed by atoms with Gasteiger partial charge in [0.1, 0.15) is 6.61 Å².